The number of halogens is 6. The molecular formula is C20H28F6N4O4. The lowest BCUT2D eigenvalue weighted by atomic mass is 10.0. The van der Waals surface area contributed by atoms with Crippen LogP contribution < -0.4 is 0 Å². The zero-order valence-corrected chi connectivity index (χ0v) is 18.6. The van der Waals surface area contributed by atoms with E-state index in [1.165, 1.54) is 76.2 Å². The van der Waals surface area contributed by atoms with Gasteiger partial charge in [0.25, 0.3) is 0 Å². The molecule has 8 nitrogen and oxygen atoms in total. The summed E-state index contributed by atoms with van der Waals surface area (Å²) < 4.78 is 65.7. The molecule has 4 rings (SSSR count). The van der Waals surface area contributed by atoms with Crippen molar-refractivity contribution in [1.82, 2.24) is 19.4 Å². The quantitative estimate of drug-likeness (QED) is 0.611. The molecule has 34 heavy (non-hydrogen) atoms. The van der Waals surface area contributed by atoms with Crippen LogP contribution in [0, 0.1) is 5.92 Å². The molecule has 2 aliphatic heterocycles. The third kappa shape index (κ3) is 8.46. The van der Waals surface area contributed by atoms with E-state index in [1.807, 2.05) is 6.33 Å². The summed E-state index contributed by atoms with van der Waals surface area (Å²) in [6.45, 7) is 6.29. The number of carboxylic acids is 2. The van der Waals surface area contributed by atoms with Crippen molar-refractivity contribution in [1.29, 1.82) is 0 Å². The first kappa shape index (κ1) is 27.9. The maximum absolute atomic E-state index is 10.6. The fraction of sp³-hybridized carbons (Fsp3) is 0.750. The predicted octanol–water partition coefficient (Wildman–Crippen LogP) is 3.09. The maximum Gasteiger partial charge on any atom is 0.490 e. The molecular weight excluding hydrogens is 474 g/mol. The summed E-state index contributed by atoms with van der Waals surface area (Å²) in [5.74, 6) is -4.54. The molecule has 3 heterocycles. The lowest BCUT2D eigenvalue weighted by molar-refractivity contribution is -0.193. The summed E-state index contributed by atoms with van der Waals surface area (Å²) in [7, 11) is 2.15. The van der Waals surface area contributed by atoms with Gasteiger partial charge in [-0.05, 0) is 44.7 Å². The minimum Gasteiger partial charge on any atom is -0.475 e. The van der Waals surface area contributed by atoms with Gasteiger partial charge < -0.3 is 19.7 Å². The average Bonchev–Trinajstić information content (AvgIpc) is 3.23. The Balaban J connectivity index is 0.000000244. The van der Waals surface area contributed by atoms with Gasteiger partial charge in [0, 0.05) is 38.8 Å². The van der Waals surface area contributed by atoms with Crippen molar-refractivity contribution >= 4 is 11.9 Å². The number of hydrogen-bond donors (Lipinski definition) is 2. The fourth-order valence-corrected chi connectivity index (χ4v) is 3.90. The Labute approximate surface area is 192 Å². The van der Waals surface area contributed by atoms with E-state index < -0.39 is 24.3 Å². The van der Waals surface area contributed by atoms with Crippen LogP contribution in [0.2, 0.25) is 0 Å². The van der Waals surface area contributed by atoms with Crippen LogP contribution in [0.3, 0.4) is 0 Å². The molecule has 1 atom stereocenters. The Hall–Kier alpha value is -2.35. The van der Waals surface area contributed by atoms with Crippen molar-refractivity contribution in [2.24, 2.45) is 13.0 Å². The number of aliphatic carboxylic acids is 2. The van der Waals surface area contributed by atoms with E-state index in [1.54, 1.807) is 0 Å². The van der Waals surface area contributed by atoms with Gasteiger partial charge in [0.15, 0.2) is 0 Å². The van der Waals surface area contributed by atoms with E-state index in [-0.39, 0.29) is 0 Å². The average molecular weight is 502 g/mol. The molecule has 2 N–H and O–H groups in total. The van der Waals surface area contributed by atoms with Crippen molar-refractivity contribution in [2.45, 2.75) is 50.5 Å². The molecule has 1 aromatic rings. The summed E-state index contributed by atoms with van der Waals surface area (Å²) in [6, 6.07) is 0.540. The van der Waals surface area contributed by atoms with Crippen LogP contribution in [0.5, 0.6) is 0 Å². The van der Waals surface area contributed by atoms with E-state index in [0.717, 1.165) is 5.92 Å². The maximum atomic E-state index is 10.6. The topological polar surface area (TPSA) is 98.9 Å². The van der Waals surface area contributed by atoms with Crippen LogP contribution in [-0.4, -0.2) is 86.6 Å². The SMILES string of the molecule is Cn1cnc2c1CCN(CC1CC1)C2CN1CCCC1.O=C(O)C(F)(F)F.O=C(O)C(F)(F)F. The number of carbonyl (C=O) groups is 2. The summed E-state index contributed by atoms with van der Waals surface area (Å²) in [6.07, 6.45) is -1.32. The summed E-state index contributed by atoms with van der Waals surface area (Å²) in [5, 5.41) is 14.2. The van der Waals surface area contributed by atoms with Crippen molar-refractivity contribution < 1.29 is 46.1 Å². The molecule has 0 radical (unpaired) electrons. The molecule has 1 aliphatic carbocycles. The van der Waals surface area contributed by atoms with Gasteiger partial charge in [-0.1, -0.05) is 0 Å². The van der Waals surface area contributed by atoms with E-state index in [4.69, 9.17) is 24.8 Å². The van der Waals surface area contributed by atoms with Gasteiger partial charge in [-0.15, -0.1) is 0 Å². The molecule has 1 saturated carbocycles. The standard InChI is InChI=1S/C16H26N4.2C2HF3O2/c1-18-12-17-16-14(18)6-9-20(10-13-4-5-13)15(16)11-19-7-2-3-8-19;2*3-2(4,5)1(6)7/h12-13,15H,2-11H2,1H3;2*(H,6,7). The van der Waals surface area contributed by atoms with Gasteiger partial charge >= 0.3 is 24.3 Å². The smallest absolute Gasteiger partial charge is 0.475 e. The number of rotatable bonds is 4. The van der Waals surface area contributed by atoms with Gasteiger partial charge in [-0.25, -0.2) is 14.6 Å². The van der Waals surface area contributed by atoms with Crippen molar-refractivity contribution in [2.75, 3.05) is 32.7 Å². The third-order valence-electron chi connectivity index (χ3n) is 5.79. The highest BCUT2D eigenvalue weighted by Gasteiger charge is 2.39. The molecule has 1 aromatic heterocycles. The van der Waals surface area contributed by atoms with Gasteiger partial charge in [0.2, 0.25) is 0 Å². The van der Waals surface area contributed by atoms with E-state index in [9.17, 15) is 26.3 Å². The molecule has 2 fully saturated rings. The zero-order chi connectivity index (χ0) is 25.7. The summed E-state index contributed by atoms with van der Waals surface area (Å²) in [4.78, 5) is 27.9. The highest BCUT2D eigenvalue weighted by molar-refractivity contribution is 5.73. The van der Waals surface area contributed by atoms with Gasteiger partial charge in [-0.2, -0.15) is 26.3 Å². The molecule has 1 saturated heterocycles. The Morgan fingerprint density at radius 2 is 1.47 bits per heavy atom. The monoisotopic (exact) mass is 502 g/mol. The second-order valence-corrected chi connectivity index (χ2v) is 8.51. The summed E-state index contributed by atoms with van der Waals surface area (Å²) in [5.41, 5.74) is 2.84. The van der Waals surface area contributed by atoms with Crippen LogP contribution in [0.15, 0.2) is 6.33 Å². The lowest BCUT2D eigenvalue weighted by Crippen LogP contribution is -2.42. The van der Waals surface area contributed by atoms with E-state index >= 15 is 0 Å². The number of aromatic nitrogens is 2. The summed E-state index contributed by atoms with van der Waals surface area (Å²) >= 11 is 0. The first-order valence-electron chi connectivity index (χ1n) is 10.8. The minimum absolute atomic E-state index is 0.540. The van der Waals surface area contributed by atoms with Crippen molar-refractivity contribution in [3.8, 4) is 0 Å². The van der Waals surface area contributed by atoms with Crippen molar-refractivity contribution in [3.63, 3.8) is 0 Å². The second-order valence-electron chi connectivity index (χ2n) is 8.51. The third-order valence-corrected chi connectivity index (χ3v) is 5.79. The molecule has 194 valence electrons. The Morgan fingerprint density at radius 3 is 1.91 bits per heavy atom. The first-order valence-corrected chi connectivity index (χ1v) is 10.8. The fourth-order valence-electron chi connectivity index (χ4n) is 3.90. The predicted molar refractivity (Wildman–Crippen MR) is 107 cm³/mol. The lowest BCUT2D eigenvalue weighted by Gasteiger charge is -2.37. The highest BCUT2D eigenvalue weighted by Crippen LogP contribution is 2.36. The number of nitrogens with zero attached hydrogens (tertiary/aromatic N) is 4. The first-order chi connectivity index (χ1) is 15.7. The number of fused-ring (bicyclic) bond motifs is 1. The van der Waals surface area contributed by atoms with E-state index in [0.29, 0.717) is 6.04 Å². The minimum atomic E-state index is -5.08. The molecule has 0 bridgehead atoms. The van der Waals surface area contributed by atoms with Crippen molar-refractivity contribution in [3.05, 3.63) is 17.7 Å². The number of aryl methyl sites for hydroxylation is 1. The molecule has 0 amide bonds. The Kier molecular flexibility index (Phi) is 9.34. The Bertz CT molecular complexity index is 808. The largest absolute Gasteiger partial charge is 0.490 e. The number of likely N-dealkylation sites (tertiary alicyclic amines) is 1. The molecule has 3 aliphatic rings. The number of imidazole rings is 1. The highest BCUT2D eigenvalue weighted by atomic mass is 19.4. The van der Waals surface area contributed by atoms with Crippen LogP contribution in [0.1, 0.15) is 43.1 Å². The zero-order valence-electron chi connectivity index (χ0n) is 18.6. The van der Waals surface area contributed by atoms with Gasteiger partial charge in [0.05, 0.1) is 18.1 Å². The van der Waals surface area contributed by atoms with Crippen LogP contribution >= 0.6 is 0 Å². The number of alkyl halides is 6. The molecule has 14 heteroatoms. The van der Waals surface area contributed by atoms with Gasteiger partial charge in [0.1, 0.15) is 0 Å². The molecule has 1 unspecified atom stereocenters. The van der Waals surface area contributed by atoms with Crippen LogP contribution in [0.25, 0.3) is 0 Å². The normalized spacial score (nSPS) is 21.1. The second kappa shape index (κ2) is 11.4. The van der Waals surface area contributed by atoms with Gasteiger partial charge in [-0.3, -0.25) is 4.90 Å². The van der Waals surface area contributed by atoms with E-state index in [2.05, 4.69) is 21.4 Å². The number of carboxylic acid groups (broad SMARTS) is 2. The van der Waals surface area contributed by atoms with Crippen LogP contribution in [0.4, 0.5) is 26.3 Å². The Morgan fingerprint density at radius 1 is 0.971 bits per heavy atom. The molecule has 0 aromatic carbocycles. The number of hydrogen-bond acceptors (Lipinski definition) is 5. The van der Waals surface area contributed by atoms with Crippen LogP contribution in [-0.2, 0) is 23.1 Å². The molecule has 0 spiro atoms.